The number of aromatic nitrogens is 1. The number of carbonyl (C=O) groups excluding carboxylic acids is 1. The number of likely N-dealkylation sites (N-methyl/N-ethyl adjacent to an activating group) is 1. The number of carbonyl (C=O) groups is 1. The minimum atomic E-state index is -0.438. The molecule has 1 heterocycles. The van der Waals surface area contributed by atoms with Crippen LogP contribution in [-0.2, 0) is 4.74 Å². The number of ether oxygens (including phenoxy) is 1. The Morgan fingerprint density at radius 1 is 1.62 bits per heavy atom. The number of hydrogen-bond donors (Lipinski definition) is 0. The third kappa shape index (κ3) is 3.47. The summed E-state index contributed by atoms with van der Waals surface area (Å²) in [7, 11) is 3.85. The molecule has 0 radical (unpaired) electrons. The van der Waals surface area contributed by atoms with Crippen LogP contribution in [0.5, 0.6) is 0 Å². The molecule has 1 rings (SSSR count). The normalized spacial score (nSPS) is 12.6. The summed E-state index contributed by atoms with van der Waals surface area (Å²) in [6, 6.07) is 3.41. The van der Waals surface area contributed by atoms with Gasteiger partial charge in [0.05, 0.1) is 5.56 Å². The summed E-state index contributed by atoms with van der Waals surface area (Å²) in [4.78, 5) is 17.4. The van der Waals surface area contributed by atoms with Crippen LogP contribution in [-0.4, -0.2) is 42.6 Å². The maximum Gasteiger partial charge on any atom is 0.341 e. The van der Waals surface area contributed by atoms with Gasteiger partial charge < -0.3 is 9.64 Å². The Morgan fingerprint density at radius 2 is 2.31 bits per heavy atom. The zero-order valence-corrected chi connectivity index (χ0v) is 10.4. The van der Waals surface area contributed by atoms with Gasteiger partial charge in [-0.1, -0.05) is 11.6 Å². The first-order valence-electron chi connectivity index (χ1n) is 4.96. The SMILES string of the molecule is CC(COC(=O)c1cccnc1Cl)N(C)C. The number of nitrogens with zero attached hydrogens (tertiary/aromatic N) is 2. The van der Waals surface area contributed by atoms with Crippen molar-refractivity contribution in [1.82, 2.24) is 9.88 Å². The molecule has 0 spiro atoms. The van der Waals surface area contributed by atoms with Gasteiger partial charge in [0, 0.05) is 12.2 Å². The van der Waals surface area contributed by atoms with Crippen LogP contribution in [0.1, 0.15) is 17.3 Å². The standard InChI is InChI=1S/C11H15ClN2O2/c1-8(14(2)3)7-16-11(15)9-5-4-6-13-10(9)12/h4-6,8H,7H2,1-3H3. The molecule has 16 heavy (non-hydrogen) atoms. The number of esters is 1. The molecule has 1 atom stereocenters. The minimum absolute atomic E-state index is 0.166. The molecule has 0 fully saturated rings. The monoisotopic (exact) mass is 242 g/mol. The third-order valence-corrected chi connectivity index (χ3v) is 2.62. The predicted molar refractivity (Wildman–Crippen MR) is 62.7 cm³/mol. The Kier molecular flexibility index (Phi) is 4.71. The van der Waals surface area contributed by atoms with E-state index in [9.17, 15) is 4.79 Å². The number of pyridine rings is 1. The Labute approximate surface area is 100 Å². The lowest BCUT2D eigenvalue weighted by atomic mass is 10.3. The van der Waals surface area contributed by atoms with Gasteiger partial charge in [-0.05, 0) is 33.2 Å². The van der Waals surface area contributed by atoms with Crippen LogP contribution in [0.15, 0.2) is 18.3 Å². The Hall–Kier alpha value is -1.13. The molecular weight excluding hydrogens is 228 g/mol. The Bertz CT molecular complexity index is 369. The molecule has 0 saturated heterocycles. The molecule has 1 aromatic heterocycles. The summed E-state index contributed by atoms with van der Waals surface area (Å²) in [5.41, 5.74) is 0.301. The van der Waals surface area contributed by atoms with Crippen molar-refractivity contribution >= 4 is 17.6 Å². The van der Waals surface area contributed by atoms with Gasteiger partial charge in [-0.15, -0.1) is 0 Å². The molecule has 5 heteroatoms. The summed E-state index contributed by atoms with van der Waals surface area (Å²) in [6.07, 6.45) is 1.53. The first-order chi connectivity index (χ1) is 7.52. The lowest BCUT2D eigenvalue weighted by molar-refractivity contribution is 0.0416. The van der Waals surface area contributed by atoms with E-state index >= 15 is 0 Å². The van der Waals surface area contributed by atoms with Crippen LogP contribution in [0.4, 0.5) is 0 Å². The van der Waals surface area contributed by atoms with Gasteiger partial charge in [0.25, 0.3) is 0 Å². The third-order valence-electron chi connectivity index (χ3n) is 2.32. The van der Waals surface area contributed by atoms with E-state index in [2.05, 4.69) is 4.98 Å². The Balaban J connectivity index is 2.57. The fourth-order valence-corrected chi connectivity index (χ4v) is 1.16. The smallest absolute Gasteiger partial charge is 0.341 e. The van der Waals surface area contributed by atoms with Crippen molar-refractivity contribution in [2.45, 2.75) is 13.0 Å². The van der Waals surface area contributed by atoms with E-state index in [-0.39, 0.29) is 11.2 Å². The van der Waals surface area contributed by atoms with E-state index < -0.39 is 5.97 Å². The Morgan fingerprint density at radius 3 is 2.88 bits per heavy atom. The molecule has 1 unspecified atom stereocenters. The quantitative estimate of drug-likeness (QED) is 0.597. The fourth-order valence-electron chi connectivity index (χ4n) is 0.961. The van der Waals surface area contributed by atoms with Crippen molar-refractivity contribution < 1.29 is 9.53 Å². The molecule has 0 aliphatic heterocycles. The molecule has 0 amide bonds. The zero-order valence-electron chi connectivity index (χ0n) is 9.61. The largest absolute Gasteiger partial charge is 0.460 e. The molecule has 4 nitrogen and oxygen atoms in total. The summed E-state index contributed by atoms with van der Waals surface area (Å²) >= 11 is 5.77. The second-order valence-electron chi connectivity index (χ2n) is 3.75. The van der Waals surface area contributed by atoms with Crippen LogP contribution < -0.4 is 0 Å². The van der Waals surface area contributed by atoms with Crippen LogP contribution in [0.3, 0.4) is 0 Å². The number of hydrogen-bond acceptors (Lipinski definition) is 4. The first kappa shape index (κ1) is 12.9. The second-order valence-corrected chi connectivity index (χ2v) is 4.11. The summed E-state index contributed by atoms with van der Waals surface area (Å²) in [6.45, 7) is 2.30. The van der Waals surface area contributed by atoms with Gasteiger partial charge in [-0.3, -0.25) is 0 Å². The highest BCUT2D eigenvalue weighted by molar-refractivity contribution is 6.32. The maximum atomic E-state index is 11.6. The average molecular weight is 243 g/mol. The molecule has 0 saturated carbocycles. The van der Waals surface area contributed by atoms with E-state index in [1.165, 1.54) is 6.20 Å². The van der Waals surface area contributed by atoms with Crippen LogP contribution in [0.25, 0.3) is 0 Å². The van der Waals surface area contributed by atoms with Crippen molar-refractivity contribution in [2.75, 3.05) is 20.7 Å². The second kappa shape index (κ2) is 5.82. The van der Waals surface area contributed by atoms with Crippen LogP contribution in [0, 0.1) is 0 Å². The average Bonchev–Trinajstić information content (AvgIpc) is 2.25. The topological polar surface area (TPSA) is 42.4 Å². The van der Waals surface area contributed by atoms with Crippen molar-refractivity contribution in [3.8, 4) is 0 Å². The molecule has 0 bridgehead atoms. The molecule has 0 aromatic carbocycles. The first-order valence-corrected chi connectivity index (χ1v) is 5.34. The van der Waals surface area contributed by atoms with E-state index in [0.29, 0.717) is 12.2 Å². The summed E-state index contributed by atoms with van der Waals surface area (Å²) in [5, 5.41) is 0.171. The van der Waals surface area contributed by atoms with Crippen LogP contribution >= 0.6 is 11.6 Å². The zero-order chi connectivity index (χ0) is 12.1. The summed E-state index contributed by atoms with van der Waals surface area (Å²) in [5.74, 6) is -0.438. The molecule has 88 valence electrons. The van der Waals surface area contributed by atoms with Gasteiger partial charge in [0.15, 0.2) is 0 Å². The molecular formula is C11H15ClN2O2. The van der Waals surface area contributed by atoms with Gasteiger partial charge >= 0.3 is 5.97 Å². The number of halogens is 1. The highest BCUT2D eigenvalue weighted by atomic mass is 35.5. The minimum Gasteiger partial charge on any atom is -0.460 e. The maximum absolute atomic E-state index is 11.6. The highest BCUT2D eigenvalue weighted by Gasteiger charge is 2.14. The van der Waals surface area contributed by atoms with Crippen molar-refractivity contribution in [2.24, 2.45) is 0 Å². The summed E-state index contributed by atoms with van der Waals surface area (Å²) < 4.78 is 5.13. The molecule has 0 N–H and O–H groups in total. The van der Waals surface area contributed by atoms with E-state index in [0.717, 1.165) is 0 Å². The van der Waals surface area contributed by atoms with Gasteiger partial charge in [0.1, 0.15) is 11.8 Å². The predicted octanol–water partition coefficient (Wildman–Crippen LogP) is 1.84. The van der Waals surface area contributed by atoms with Gasteiger partial charge in [0.2, 0.25) is 0 Å². The van der Waals surface area contributed by atoms with Gasteiger partial charge in [-0.25, -0.2) is 9.78 Å². The van der Waals surface area contributed by atoms with E-state index in [4.69, 9.17) is 16.3 Å². The van der Waals surface area contributed by atoms with E-state index in [1.807, 2.05) is 25.9 Å². The van der Waals surface area contributed by atoms with Crippen molar-refractivity contribution in [3.05, 3.63) is 29.0 Å². The number of rotatable bonds is 4. The molecule has 1 aromatic rings. The fraction of sp³-hybridized carbons (Fsp3) is 0.455. The molecule has 0 aliphatic carbocycles. The van der Waals surface area contributed by atoms with Crippen LogP contribution in [0.2, 0.25) is 5.15 Å². The van der Waals surface area contributed by atoms with E-state index in [1.54, 1.807) is 12.1 Å². The van der Waals surface area contributed by atoms with Gasteiger partial charge in [-0.2, -0.15) is 0 Å². The van der Waals surface area contributed by atoms with Crippen molar-refractivity contribution in [1.29, 1.82) is 0 Å². The lowest BCUT2D eigenvalue weighted by Crippen LogP contribution is -2.30. The van der Waals surface area contributed by atoms with Crippen molar-refractivity contribution in [3.63, 3.8) is 0 Å². The lowest BCUT2D eigenvalue weighted by Gasteiger charge is -2.19. The highest BCUT2D eigenvalue weighted by Crippen LogP contribution is 2.12. The molecule has 0 aliphatic rings.